The Kier molecular flexibility index (Phi) is 7.27. The third-order valence-corrected chi connectivity index (χ3v) is 7.67. The van der Waals surface area contributed by atoms with Crippen molar-refractivity contribution in [1.29, 1.82) is 0 Å². The van der Waals surface area contributed by atoms with E-state index in [0.717, 1.165) is 0 Å². The molecule has 1 heterocycles. The second kappa shape index (κ2) is 9.76. The van der Waals surface area contributed by atoms with E-state index < -0.39 is 26.7 Å². The Morgan fingerprint density at radius 1 is 1.00 bits per heavy atom. The van der Waals surface area contributed by atoms with Crippen LogP contribution in [0.25, 0.3) is 0 Å². The molecule has 3 rings (SSSR count). The van der Waals surface area contributed by atoms with Crippen molar-refractivity contribution >= 4 is 27.3 Å². The monoisotopic (exact) mass is 460 g/mol. The molecule has 1 saturated heterocycles. The highest BCUT2D eigenvalue weighted by Crippen LogP contribution is 2.27. The van der Waals surface area contributed by atoms with E-state index in [1.165, 1.54) is 34.1 Å². The number of nitro groups is 1. The van der Waals surface area contributed by atoms with Crippen molar-refractivity contribution in [2.24, 2.45) is 0 Å². The topological polar surface area (TPSA) is 113 Å². The number of carbonyl (C=O) groups is 1. The van der Waals surface area contributed by atoms with Crippen molar-refractivity contribution in [1.82, 2.24) is 9.21 Å². The molecular weight excluding hydrogens is 432 g/mol. The van der Waals surface area contributed by atoms with Gasteiger partial charge in [0, 0.05) is 37.9 Å². The molecule has 172 valence electrons. The Morgan fingerprint density at radius 2 is 1.59 bits per heavy atom. The Morgan fingerprint density at radius 3 is 2.16 bits per heavy atom. The predicted octanol–water partition coefficient (Wildman–Crippen LogP) is 3.05. The summed E-state index contributed by atoms with van der Waals surface area (Å²) in [6.45, 7) is 6.98. The van der Waals surface area contributed by atoms with Crippen molar-refractivity contribution < 1.29 is 18.1 Å². The Balaban J connectivity index is 1.62. The van der Waals surface area contributed by atoms with Gasteiger partial charge < -0.3 is 5.32 Å². The standard InChI is InChI=1S/C22H28N4O5S/c1-16(2)18-8-10-19(11-9-18)23-22(27)17(3)24-12-14-25(15-13-24)32(30,31)21-7-5-4-6-20(21)26(28)29/h4-11,16-17H,12-15H2,1-3H3,(H,23,27)/t17-/m1/s1. The number of nitrogens with zero attached hydrogens (tertiary/aromatic N) is 3. The SMILES string of the molecule is CC(C)c1ccc(NC(=O)[C@@H](C)N2CCN(S(=O)(=O)c3ccccc3[N+](=O)[O-])CC2)cc1. The number of anilines is 1. The van der Waals surface area contributed by atoms with Gasteiger partial charge >= 0.3 is 0 Å². The maximum atomic E-state index is 13.0. The fraction of sp³-hybridized carbons (Fsp3) is 0.409. The first-order chi connectivity index (χ1) is 15.1. The van der Waals surface area contributed by atoms with Crippen molar-refractivity contribution in [2.75, 3.05) is 31.5 Å². The first-order valence-electron chi connectivity index (χ1n) is 10.5. The van der Waals surface area contributed by atoms with E-state index in [1.54, 1.807) is 6.92 Å². The van der Waals surface area contributed by atoms with Gasteiger partial charge in [0.25, 0.3) is 5.69 Å². The largest absolute Gasteiger partial charge is 0.325 e. The van der Waals surface area contributed by atoms with Gasteiger partial charge in [0.05, 0.1) is 11.0 Å². The molecule has 1 aliphatic rings. The summed E-state index contributed by atoms with van der Waals surface area (Å²) in [7, 11) is -4.00. The lowest BCUT2D eigenvalue weighted by atomic mass is 10.0. The molecule has 32 heavy (non-hydrogen) atoms. The molecule has 1 N–H and O–H groups in total. The highest BCUT2D eigenvalue weighted by atomic mass is 32.2. The first-order valence-corrected chi connectivity index (χ1v) is 11.9. The molecule has 1 aliphatic heterocycles. The first kappa shape index (κ1) is 23.8. The zero-order chi connectivity index (χ0) is 23.5. The van der Waals surface area contributed by atoms with Crippen LogP contribution in [0.5, 0.6) is 0 Å². The van der Waals surface area contributed by atoms with E-state index in [-0.39, 0.29) is 23.9 Å². The van der Waals surface area contributed by atoms with Crippen LogP contribution in [0.1, 0.15) is 32.3 Å². The number of carbonyl (C=O) groups excluding carboxylic acids is 1. The third-order valence-electron chi connectivity index (χ3n) is 5.73. The van der Waals surface area contributed by atoms with E-state index in [2.05, 4.69) is 19.2 Å². The van der Waals surface area contributed by atoms with E-state index in [9.17, 15) is 23.3 Å². The predicted molar refractivity (Wildman–Crippen MR) is 122 cm³/mol. The number of para-hydroxylation sites is 1. The fourth-order valence-electron chi connectivity index (χ4n) is 3.66. The molecule has 0 unspecified atom stereocenters. The van der Waals surface area contributed by atoms with Crippen molar-refractivity contribution in [3.05, 3.63) is 64.2 Å². The zero-order valence-corrected chi connectivity index (χ0v) is 19.2. The Hall–Kier alpha value is -2.82. The van der Waals surface area contributed by atoms with Gasteiger partial charge in [-0.1, -0.05) is 38.1 Å². The minimum absolute atomic E-state index is 0.148. The second-order valence-electron chi connectivity index (χ2n) is 8.11. The highest BCUT2D eigenvalue weighted by molar-refractivity contribution is 7.89. The van der Waals surface area contributed by atoms with E-state index in [1.807, 2.05) is 29.2 Å². The van der Waals surface area contributed by atoms with Gasteiger partial charge in [0.2, 0.25) is 15.9 Å². The highest BCUT2D eigenvalue weighted by Gasteiger charge is 2.35. The van der Waals surface area contributed by atoms with Crippen molar-refractivity contribution in [3.63, 3.8) is 0 Å². The lowest BCUT2D eigenvalue weighted by Crippen LogP contribution is -2.53. The number of sulfonamides is 1. The summed E-state index contributed by atoms with van der Waals surface area (Å²) in [5.74, 6) is 0.237. The van der Waals surface area contributed by atoms with E-state index >= 15 is 0 Å². The normalized spacial score (nSPS) is 16.6. The Labute approximate surface area is 188 Å². The number of nitrogens with one attached hydrogen (secondary N) is 1. The molecular formula is C22H28N4O5S. The summed E-state index contributed by atoms with van der Waals surface area (Å²) in [4.78, 5) is 24.8. The van der Waals surface area contributed by atoms with Gasteiger partial charge in [-0.15, -0.1) is 0 Å². The van der Waals surface area contributed by atoms with Crippen LogP contribution < -0.4 is 5.32 Å². The molecule has 0 aliphatic carbocycles. The number of benzene rings is 2. The fourth-order valence-corrected chi connectivity index (χ4v) is 5.24. The number of rotatable bonds is 7. The van der Waals surface area contributed by atoms with Gasteiger partial charge in [-0.3, -0.25) is 19.8 Å². The minimum atomic E-state index is -4.00. The Bertz CT molecular complexity index is 1080. The molecule has 1 amide bonds. The van der Waals surface area contributed by atoms with Crippen LogP contribution in [-0.2, 0) is 14.8 Å². The van der Waals surface area contributed by atoms with Crippen molar-refractivity contribution in [2.45, 2.75) is 37.6 Å². The van der Waals surface area contributed by atoms with Gasteiger partial charge in [-0.2, -0.15) is 4.31 Å². The third kappa shape index (κ3) is 5.14. The number of hydrogen-bond donors (Lipinski definition) is 1. The average Bonchev–Trinajstić information content (AvgIpc) is 2.79. The van der Waals surface area contributed by atoms with Crippen LogP contribution in [0, 0.1) is 10.1 Å². The maximum absolute atomic E-state index is 13.0. The van der Waals surface area contributed by atoms with Gasteiger partial charge in [-0.25, -0.2) is 8.42 Å². The van der Waals surface area contributed by atoms with E-state index in [0.29, 0.717) is 24.7 Å². The van der Waals surface area contributed by atoms with Crippen LogP contribution in [0.3, 0.4) is 0 Å². The van der Waals surface area contributed by atoms with Crippen LogP contribution in [-0.4, -0.2) is 60.7 Å². The summed E-state index contributed by atoms with van der Waals surface area (Å²) in [5.41, 5.74) is 1.46. The smallest absolute Gasteiger partial charge is 0.289 e. The summed E-state index contributed by atoms with van der Waals surface area (Å²) < 4.78 is 27.2. The van der Waals surface area contributed by atoms with Gasteiger partial charge in [-0.05, 0) is 36.6 Å². The molecule has 2 aromatic carbocycles. The van der Waals surface area contributed by atoms with Crippen LogP contribution in [0.2, 0.25) is 0 Å². The molecule has 10 heteroatoms. The number of piperazine rings is 1. The number of nitro benzene ring substituents is 1. The molecule has 0 saturated carbocycles. The zero-order valence-electron chi connectivity index (χ0n) is 18.4. The van der Waals surface area contributed by atoms with Crippen LogP contribution >= 0.6 is 0 Å². The van der Waals surface area contributed by atoms with Crippen LogP contribution in [0.4, 0.5) is 11.4 Å². The summed E-state index contributed by atoms with van der Waals surface area (Å²) in [5, 5.41) is 14.1. The van der Waals surface area contributed by atoms with Gasteiger partial charge in [0.1, 0.15) is 0 Å². The molecule has 0 aromatic heterocycles. The summed E-state index contributed by atoms with van der Waals surface area (Å²) in [6, 6.07) is 12.6. The molecule has 0 spiro atoms. The molecule has 1 fully saturated rings. The molecule has 2 aromatic rings. The summed E-state index contributed by atoms with van der Waals surface area (Å²) in [6.07, 6.45) is 0. The van der Waals surface area contributed by atoms with Gasteiger partial charge in [0.15, 0.2) is 4.90 Å². The molecule has 0 bridgehead atoms. The quantitative estimate of drug-likeness (QED) is 0.502. The maximum Gasteiger partial charge on any atom is 0.289 e. The van der Waals surface area contributed by atoms with Crippen LogP contribution in [0.15, 0.2) is 53.4 Å². The van der Waals surface area contributed by atoms with Crippen molar-refractivity contribution in [3.8, 4) is 0 Å². The molecule has 0 radical (unpaired) electrons. The van der Waals surface area contributed by atoms with E-state index in [4.69, 9.17) is 0 Å². The number of amides is 1. The lowest BCUT2D eigenvalue weighted by molar-refractivity contribution is -0.387. The number of hydrogen-bond acceptors (Lipinski definition) is 6. The minimum Gasteiger partial charge on any atom is -0.325 e. The second-order valence-corrected chi connectivity index (χ2v) is 10.0. The summed E-state index contributed by atoms with van der Waals surface area (Å²) >= 11 is 0. The average molecular weight is 461 g/mol. The molecule has 1 atom stereocenters. The molecule has 9 nitrogen and oxygen atoms in total. The lowest BCUT2D eigenvalue weighted by Gasteiger charge is -2.36.